The second-order valence-electron chi connectivity index (χ2n) is 4.49. The Morgan fingerprint density at radius 3 is 2.82 bits per heavy atom. The number of carbonyl (C=O) groups excluding carboxylic acids is 1. The minimum absolute atomic E-state index is 0.163. The van der Waals surface area contributed by atoms with Gasteiger partial charge in [-0.3, -0.25) is 4.79 Å². The standard InChI is InChI=1S/C13H13FN2O/c1-16(12(17)13(9-15)5-6-13)8-10-3-2-4-11(14)7-10/h2-4,7H,5-6,8H2,1H3. The van der Waals surface area contributed by atoms with E-state index in [2.05, 4.69) is 6.07 Å². The van der Waals surface area contributed by atoms with Gasteiger partial charge in [0.05, 0.1) is 6.07 Å². The van der Waals surface area contributed by atoms with E-state index in [4.69, 9.17) is 5.26 Å². The molecule has 0 spiro atoms. The number of rotatable bonds is 3. The van der Waals surface area contributed by atoms with Crippen LogP contribution in [0.25, 0.3) is 0 Å². The monoisotopic (exact) mass is 232 g/mol. The molecule has 1 saturated carbocycles. The summed E-state index contributed by atoms with van der Waals surface area (Å²) in [5.41, 5.74) is -0.0724. The molecule has 4 heteroatoms. The minimum atomic E-state index is -0.803. The highest BCUT2D eigenvalue weighted by Gasteiger charge is 2.51. The third-order valence-corrected chi connectivity index (χ3v) is 3.03. The summed E-state index contributed by atoms with van der Waals surface area (Å²) in [6.45, 7) is 0.333. The van der Waals surface area contributed by atoms with Gasteiger partial charge in [0.1, 0.15) is 11.2 Å². The molecule has 17 heavy (non-hydrogen) atoms. The van der Waals surface area contributed by atoms with Crippen molar-refractivity contribution in [3.05, 3.63) is 35.6 Å². The molecule has 0 aromatic heterocycles. The maximum Gasteiger partial charge on any atom is 0.243 e. The molecule has 3 nitrogen and oxygen atoms in total. The van der Waals surface area contributed by atoms with Crippen molar-refractivity contribution in [2.24, 2.45) is 5.41 Å². The van der Waals surface area contributed by atoms with Crippen LogP contribution in [0, 0.1) is 22.6 Å². The van der Waals surface area contributed by atoms with Crippen molar-refractivity contribution in [2.75, 3.05) is 7.05 Å². The quantitative estimate of drug-likeness (QED) is 0.801. The zero-order valence-electron chi connectivity index (χ0n) is 9.61. The normalized spacial score (nSPS) is 16.1. The SMILES string of the molecule is CN(Cc1cccc(F)c1)C(=O)C1(C#N)CC1. The summed E-state index contributed by atoms with van der Waals surface area (Å²) in [7, 11) is 1.64. The molecule has 1 aliphatic carbocycles. The van der Waals surface area contributed by atoms with E-state index in [0.717, 1.165) is 5.56 Å². The molecule has 1 aromatic rings. The van der Waals surface area contributed by atoms with Gasteiger partial charge in [-0.25, -0.2) is 4.39 Å². The molecular formula is C13H13FN2O. The fraction of sp³-hybridized carbons (Fsp3) is 0.385. The van der Waals surface area contributed by atoms with Crippen molar-refractivity contribution in [1.29, 1.82) is 5.26 Å². The Morgan fingerprint density at radius 1 is 1.59 bits per heavy atom. The number of nitrogens with zero attached hydrogens (tertiary/aromatic N) is 2. The summed E-state index contributed by atoms with van der Waals surface area (Å²) in [5, 5.41) is 8.93. The van der Waals surface area contributed by atoms with Crippen LogP contribution in [0.1, 0.15) is 18.4 Å². The Morgan fingerprint density at radius 2 is 2.29 bits per heavy atom. The van der Waals surface area contributed by atoms with E-state index in [-0.39, 0.29) is 11.7 Å². The van der Waals surface area contributed by atoms with E-state index < -0.39 is 5.41 Å². The molecular weight excluding hydrogens is 219 g/mol. The van der Waals surface area contributed by atoms with Gasteiger partial charge in [-0.15, -0.1) is 0 Å². The fourth-order valence-corrected chi connectivity index (χ4v) is 1.84. The Balaban J connectivity index is 2.05. The Labute approximate surface area is 99.5 Å². The molecule has 0 aliphatic heterocycles. The Hall–Kier alpha value is -1.89. The lowest BCUT2D eigenvalue weighted by molar-refractivity contribution is -0.134. The van der Waals surface area contributed by atoms with Crippen LogP contribution < -0.4 is 0 Å². The van der Waals surface area contributed by atoms with Crippen molar-refractivity contribution in [3.8, 4) is 6.07 Å². The number of hydrogen-bond acceptors (Lipinski definition) is 2. The smallest absolute Gasteiger partial charge is 0.243 e. The molecule has 0 saturated heterocycles. The second-order valence-corrected chi connectivity index (χ2v) is 4.49. The van der Waals surface area contributed by atoms with E-state index >= 15 is 0 Å². The van der Waals surface area contributed by atoms with Gasteiger partial charge in [0.2, 0.25) is 5.91 Å². The van der Waals surface area contributed by atoms with Crippen molar-refractivity contribution >= 4 is 5.91 Å². The van der Waals surface area contributed by atoms with Crippen LogP contribution >= 0.6 is 0 Å². The first-order chi connectivity index (χ1) is 8.07. The first kappa shape index (κ1) is 11.6. The first-order valence-electron chi connectivity index (χ1n) is 5.49. The van der Waals surface area contributed by atoms with Crippen LogP contribution in [0.4, 0.5) is 4.39 Å². The second kappa shape index (κ2) is 4.17. The number of carbonyl (C=O) groups is 1. The number of amides is 1. The summed E-state index contributed by atoms with van der Waals surface area (Å²) < 4.78 is 13.0. The zero-order chi connectivity index (χ0) is 12.5. The van der Waals surface area contributed by atoms with Gasteiger partial charge in [0.15, 0.2) is 0 Å². The summed E-state index contributed by atoms with van der Waals surface area (Å²) in [6, 6.07) is 8.20. The molecule has 0 unspecified atom stereocenters. The van der Waals surface area contributed by atoms with Gasteiger partial charge in [-0.05, 0) is 30.5 Å². The van der Waals surface area contributed by atoms with Crippen LogP contribution in [-0.4, -0.2) is 17.9 Å². The number of benzene rings is 1. The van der Waals surface area contributed by atoms with Crippen molar-refractivity contribution < 1.29 is 9.18 Å². The average Bonchev–Trinajstić information content (AvgIpc) is 3.09. The van der Waals surface area contributed by atoms with Gasteiger partial charge in [0, 0.05) is 13.6 Å². The van der Waals surface area contributed by atoms with Crippen LogP contribution in [-0.2, 0) is 11.3 Å². The average molecular weight is 232 g/mol. The predicted molar refractivity (Wildman–Crippen MR) is 60.2 cm³/mol. The topological polar surface area (TPSA) is 44.1 Å². The number of hydrogen-bond donors (Lipinski definition) is 0. The summed E-state index contributed by atoms with van der Waals surface area (Å²) in [6.07, 6.45) is 1.27. The third kappa shape index (κ3) is 2.28. The van der Waals surface area contributed by atoms with E-state index in [9.17, 15) is 9.18 Å². The van der Waals surface area contributed by atoms with Gasteiger partial charge in [0.25, 0.3) is 0 Å². The van der Waals surface area contributed by atoms with Gasteiger partial charge in [-0.2, -0.15) is 5.26 Å². The molecule has 0 heterocycles. The molecule has 0 radical (unpaired) electrons. The van der Waals surface area contributed by atoms with Crippen LogP contribution in [0.5, 0.6) is 0 Å². The predicted octanol–water partition coefficient (Wildman–Crippen LogP) is 2.09. The van der Waals surface area contributed by atoms with E-state index in [1.165, 1.54) is 17.0 Å². The number of nitriles is 1. The Bertz CT molecular complexity index is 488. The van der Waals surface area contributed by atoms with E-state index in [1.807, 2.05) is 0 Å². The molecule has 1 aromatic carbocycles. The molecule has 0 bridgehead atoms. The zero-order valence-corrected chi connectivity index (χ0v) is 9.61. The lowest BCUT2D eigenvalue weighted by Gasteiger charge is -2.19. The van der Waals surface area contributed by atoms with Gasteiger partial charge >= 0.3 is 0 Å². The van der Waals surface area contributed by atoms with Crippen LogP contribution in [0.15, 0.2) is 24.3 Å². The largest absolute Gasteiger partial charge is 0.340 e. The highest BCUT2D eigenvalue weighted by Crippen LogP contribution is 2.46. The van der Waals surface area contributed by atoms with Gasteiger partial charge < -0.3 is 4.90 Å². The van der Waals surface area contributed by atoms with E-state index in [1.54, 1.807) is 19.2 Å². The summed E-state index contributed by atoms with van der Waals surface area (Å²) in [5.74, 6) is -0.478. The molecule has 1 fully saturated rings. The van der Waals surface area contributed by atoms with Crippen molar-refractivity contribution in [2.45, 2.75) is 19.4 Å². The van der Waals surface area contributed by atoms with Gasteiger partial charge in [-0.1, -0.05) is 12.1 Å². The maximum atomic E-state index is 13.0. The maximum absolute atomic E-state index is 13.0. The molecule has 2 rings (SSSR count). The molecule has 1 amide bonds. The molecule has 88 valence electrons. The number of halogens is 1. The van der Waals surface area contributed by atoms with Crippen molar-refractivity contribution in [3.63, 3.8) is 0 Å². The highest BCUT2D eigenvalue weighted by molar-refractivity contribution is 5.88. The third-order valence-electron chi connectivity index (χ3n) is 3.03. The minimum Gasteiger partial charge on any atom is -0.340 e. The van der Waals surface area contributed by atoms with Crippen LogP contribution in [0.2, 0.25) is 0 Å². The highest BCUT2D eigenvalue weighted by atomic mass is 19.1. The fourth-order valence-electron chi connectivity index (χ4n) is 1.84. The molecule has 1 aliphatic rings. The van der Waals surface area contributed by atoms with Crippen molar-refractivity contribution in [1.82, 2.24) is 4.90 Å². The van der Waals surface area contributed by atoms with E-state index in [0.29, 0.717) is 19.4 Å². The summed E-state index contributed by atoms with van der Waals surface area (Å²) >= 11 is 0. The molecule has 0 N–H and O–H groups in total. The Kier molecular flexibility index (Phi) is 2.84. The molecule has 0 atom stereocenters. The lowest BCUT2D eigenvalue weighted by atomic mass is 10.1. The first-order valence-corrected chi connectivity index (χ1v) is 5.49. The van der Waals surface area contributed by atoms with Crippen LogP contribution in [0.3, 0.4) is 0 Å². The summed E-state index contributed by atoms with van der Waals surface area (Å²) in [4.78, 5) is 13.4. The lowest BCUT2D eigenvalue weighted by Crippen LogP contribution is -2.33.